The summed E-state index contributed by atoms with van der Waals surface area (Å²) in [5.74, 6) is 0. The maximum Gasteiger partial charge on any atom is 0.242 e. The summed E-state index contributed by atoms with van der Waals surface area (Å²) in [6.07, 6.45) is 1.68. The van der Waals surface area contributed by atoms with E-state index in [1.807, 2.05) is 35.4 Å². The minimum atomic E-state index is -3.46. The van der Waals surface area contributed by atoms with Gasteiger partial charge in [-0.05, 0) is 42.4 Å². The van der Waals surface area contributed by atoms with Crippen LogP contribution in [-0.4, -0.2) is 20.0 Å². The largest absolute Gasteiger partial charge is 0.349 e. The van der Waals surface area contributed by atoms with Gasteiger partial charge >= 0.3 is 0 Å². The molecule has 2 aromatic heterocycles. The van der Waals surface area contributed by atoms with Crippen molar-refractivity contribution in [1.82, 2.24) is 14.6 Å². The van der Waals surface area contributed by atoms with Gasteiger partial charge in [-0.1, -0.05) is 0 Å². The van der Waals surface area contributed by atoms with Gasteiger partial charge in [0.15, 0.2) is 0 Å². The van der Waals surface area contributed by atoms with Crippen molar-refractivity contribution in [3.8, 4) is 0 Å². The van der Waals surface area contributed by atoms with Crippen LogP contribution in [0.5, 0.6) is 0 Å². The number of nitrogens with one attached hydrogen (secondary N) is 2. The van der Waals surface area contributed by atoms with Crippen molar-refractivity contribution in [3.05, 3.63) is 40.3 Å². The molecule has 2 aromatic rings. The summed E-state index contributed by atoms with van der Waals surface area (Å²) in [6, 6.07) is 3.63. The van der Waals surface area contributed by atoms with Crippen LogP contribution in [0.3, 0.4) is 0 Å². The molecule has 0 spiro atoms. The summed E-state index contributed by atoms with van der Waals surface area (Å²) in [5, 5.41) is 6.91. The molecule has 0 aromatic carbocycles. The van der Waals surface area contributed by atoms with Crippen molar-refractivity contribution in [3.63, 3.8) is 0 Å². The molecule has 2 rings (SSSR count). The van der Waals surface area contributed by atoms with Gasteiger partial charge in [0.2, 0.25) is 10.0 Å². The van der Waals surface area contributed by atoms with Crippen LogP contribution in [0.4, 0.5) is 0 Å². The first kappa shape index (κ1) is 15.2. The SMILES string of the molecule is CCn1cc(S(=O)(=O)NCc2ccsc2)cc1CNC. The fourth-order valence-corrected chi connectivity index (χ4v) is 3.70. The first-order valence-corrected chi connectivity index (χ1v) is 8.84. The zero-order valence-corrected chi connectivity index (χ0v) is 13.2. The summed E-state index contributed by atoms with van der Waals surface area (Å²) in [6.45, 7) is 3.71. The van der Waals surface area contributed by atoms with Crippen molar-refractivity contribution in [2.24, 2.45) is 0 Å². The maximum atomic E-state index is 12.3. The van der Waals surface area contributed by atoms with Gasteiger partial charge in [-0.25, -0.2) is 13.1 Å². The van der Waals surface area contributed by atoms with Crippen LogP contribution in [0, 0.1) is 0 Å². The molecule has 0 aliphatic rings. The molecular formula is C13H19N3O2S2. The first-order valence-electron chi connectivity index (χ1n) is 6.41. The molecule has 20 heavy (non-hydrogen) atoms. The zero-order chi connectivity index (χ0) is 14.6. The molecule has 0 radical (unpaired) electrons. The number of aryl methyl sites for hydroxylation is 1. The van der Waals surface area contributed by atoms with E-state index in [4.69, 9.17) is 0 Å². The molecule has 110 valence electrons. The smallest absolute Gasteiger partial charge is 0.242 e. The van der Waals surface area contributed by atoms with E-state index in [1.54, 1.807) is 23.6 Å². The van der Waals surface area contributed by atoms with E-state index in [0.717, 1.165) is 17.8 Å². The van der Waals surface area contributed by atoms with E-state index in [1.165, 1.54) is 0 Å². The molecule has 0 atom stereocenters. The lowest BCUT2D eigenvalue weighted by molar-refractivity contribution is 0.581. The number of thiophene rings is 1. The molecular weight excluding hydrogens is 294 g/mol. The van der Waals surface area contributed by atoms with E-state index < -0.39 is 10.0 Å². The Labute approximate surface area is 123 Å². The zero-order valence-electron chi connectivity index (χ0n) is 11.6. The van der Waals surface area contributed by atoms with E-state index in [-0.39, 0.29) is 0 Å². The number of rotatable bonds is 7. The highest BCUT2D eigenvalue weighted by molar-refractivity contribution is 7.89. The predicted octanol–water partition coefficient (Wildman–Crippen LogP) is 1.77. The second kappa shape index (κ2) is 6.53. The van der Waals surface area contributed by atoms with Crippen LogP contribution in [0.25, 0.3) is 0 Å². The van der Waals surface area contributed by atoms with Gasteiger partial charge in [0, 0.05) is 31.5 Å². The summed E-state index contributed by atoms with van der Waals surface area (Å²) in [4.78, 5) is 0.319. The topological polar surface area (TPSA) is 63.1 Å². The van der Waals surface area contributed by atoms with Gasteiger partial charge in [0.1, 0.15) is 0 Å². The Morgan fingerprint density at radius 2 is 2.15 bits per heavy atom. The molecule has 0 saturated carbocycles. The second-order valence-electron chi connectivity index (χ2n) is 4.44. The van der Waals surface area contributed by atoms with Crippen LogP contribution >= 0.6 is 11.3 Å². The molecule has 5 nitrogen and oxygen atoms in total. The van der Waals surface area contributed by atoms with E-state index in [0.29, 0.717) is 18.0 Å². The number of nitrogens with zero attached hydrogens (tertiary/aromatic N) is 1. The lowest BCUT2D eigenvalue weighted by Gasteiger charge is -2.04. The van der Waals surface area contributed by atoms with Crippen LogP contribution in [0.1, 0.15) is 18.2 Å². The highest BCUT2D eigenvalue weighted by atomic mass is 32.2. The van der Waals surface area contributed by atoms with Crippen LogP contribution < -0.4 is 10.0 Å². The summed E-state index contributed by atoms with van der Waals surface area (Å²) < 4.78 is 29.1. The van der Waals surface area contributed by atoms with E-state index >= 15 is 0 Å². The highest BCUT2D eigenvalue weighted by Crippen LogP contribution is 2.15. The summed E-state index contributed by atoms with van der Waals surface area (Å²) in [5.41, 5.74) is 1.94. The second-order valence-corrected chi connectivity index (χ2v) is 6.99. The number of hydrogen-bond donors (Lipinski definition) is 2. The first-order chi connectivity index (χ1) is 9.56. The molecule has 0 unspecified atom stereocenters. The number of aromatic nitrogens is 1. The molecule has 0 aliphatic carbocycles. The molecule has 7 heteroatoms. The van der Waals surface area contributed by atoms with E-state index in [9.17, 15) is 8.42 Å². The van der Waals surface area contributed by atoms with Gasteiger partial charge < -0.3 is 9.88 Å². The van der Waals surface area contributed by atoms with Crippen molar-refractivity contribution in [2.75, 3.05) is 7.05 Å². The third kappa shape index (κ3) is 3.49. The Kier molecular flexibility index (Phi) is 4.98. The third-order valence-electron chi connectivity index (χ3n) is 3.02. The van der Waals surface area contributed by atoms with Gasteiger partial charge in [-0.2, -0.15) is 11.3 Å². The Hall–Kier alpha value is -1.15. The highest BCUT2D eigenvalue weighted by Gasteiger charge is 2.17. The van der Waals surface area contributed by atoms with Gasteiger partial charge in [0.25, 0.3) is 0 Å². The quantitative estimate of drug-likeness (QED) is 0.819. The monoisotopic (exact) mass is 313 g/mol. The summed E-state index contributed by atoms with van der Waals surface area (Å²) >= 11 is 1.56. The Morgan fingerprint density at radius 3 is 2.75 bits per heavy atom. The number of hydrogen-bond acceptors (Lipinski definition) is 4. The van der Waals surface area contributed by atoms with Gasteiger partial charge in [-0.15, -0.1) is 0 Å². The lowest BCUT2D eigenvalue weighted by Crippen LogP contribution is -2.22. The van der Waals surface area contributed by atoms with Crippen molar-refractivity contribution in [2.45, 2.75) is 31.5 Å². The molecule has 0 fully saturated rings. The molecule has 0 saturated heterocycles. The third-order valence-corrected chi connectivity index (χ3v) is 5.12. The minimum absolute atomic E-state index is 0.319. The van der Waals surface area contributed by atoms with Crippen LogP contribution in [0.2, 0.25) is 0 Å². The average molecular weight is 313 g/mol. The standard InChI is InChI=1S/C13H19N3O2S2/c1-3-16-9-13(6-12(16)8-14-2)20(17,18)15-7-11-4-5-19-10-11/h4-6,9-10,14-15H,3,7-8H2,1-2H3. The number of sulfonamides is 1. The average Bonchev–Trinajstić information content (AvgIpc) is 3.06. The van der Waals surface area contributed by atoms with Crippen molar-refractivity contribution < 1.29 is 8.42 Å². The molecule has 2 heterocycles. The maximum absolute atomic E-state index is 12.3. The Balaban J connectivity index is 2.16. The van der Waals surface area contributed by atoms with Gasteiger partial charge in [-0.3, -0.25) is 0 Å². The van der Waals surface area contributed by atoms with Gasteiger partial charge in [0.05, 0.1) is 4.90 Å². The Bertz CT molecular complexity index is 645. The molecule has 2 N–H and O–H groups in total. The Morgan fingerprint density at radius 1 is 1.35 bits per heavy atom. The molecule has 0 amide bonds. The fourth-order valence-electron chi connectivity index (χ4n) is 1.95. The fraction of sp³-hybridized carbons (Fsp3) is 0.385. The van der Waals surface area contributed by atoms with Crippen molar-refractivity contribution >= 4 is 21.4 Å². The molecule has 0 bridgehead atoms. The van der Waals surface area contributed by atoms with Crippen LogP contribution in [-0.2, 0) is 29.7 Å². The normalized spacial score (nSPS) is 11.9. The lowest BCUT2D eigenvalue weighted by atomic mass is 10.4. The van der Waals surface area contributed by atoms with Crippen LogP contribution in [0.15, 0.2) is 34.0 Å². The minimum Gasteiger partial charge on any atom is -0.349 e. The van der Waals surface area contributed by atoms with Crippen molar-refractivity contribution in [1.29, 1.82) is 0 Å². The summed E-state index contributed by atoms with van der Waals surface area (Å²) in [7, 11) is -1.62. The predicted molar refractivity (Wildman–Crippen MR) is 81.2 cm³/mol. The van der Waals surface area contributed by atoms with E-state index in [2.05, 4.69) is 10.0 Å². The molecule has 0 aliphatic heterocycles.